The number of pyridine rings is 1. The normalized spacial score (nSPS) is 11.2. The number of hydrogen-bond donors (Lipinski definition) is 1. The van der Waals surface area contributed by atoms with Crippen LogP contribution in [0.3, 0.4) is 0 Å². The molecule has 0 bridgehead atoms. The molecule has 0 radical (unpaired) electrons. The van der Waals surface area contributed by atoms with Gasteiger partial charge < -0.3 is 9.84 Å². The smallest absolute Gasteiger partial charge is 0.433 e. The molecule has 1 aromatic heterocycles. The zero-order valence-electron chi connectivity index (χ0n) is 7.50. The van der Waals surface area contributed by atoms with E-state index in [4.69, 9.17) is 5.11 Å². The largest absolute Gasteiger partial charge is 0.497 e. The Bertz CT molecular complexity index is 389. The van der Waals surface area contributed by atoms with Gasteiger partial charge in [-0.1, -0.05) is 0 Å². The standard InChI is InChI=1S/C8H6F3NO3/c1-15-4-2-5(7(13)14)12-6(3-4)8(9,10)11/h2-3H,1H3,(H,13,14). The molecule has 7 heteroatoms. The van der Waals surface area contributed by atoms with Crippen LogP contribution in [0.25, 0.3) is 0 Å². The first-order chi connectivity index (χ1) is 6.84. The predicted molar refractivity (Wildman–Crippen MR) is 42.8 cm³/mol. The van der Waals surface area contributed by atoms with Gasteiger partial charge in [0.15, 0.2) is 5.69 Å². The highest BCUT2D eigenvalue weighted by Gasteiger charge is 2.34. The number of halogens is 3. The Hall–Kier alpha value is -1.79. The van der Waals surface area contributed by atoms with Gasteiger partial charge in [-0.2, -0.15) is 13.2 Å². The molecule has 0 unspecified atom stereocenters. The van der Waals surface area contributed by atoms with E-state index in [-0.39, 0.29) is 5.75 Å². The van der Waals surface area contributed by atoms with Crippen molar-refractivity contribution in [2.45, 2.75) is 6.18 Å². The Morgan fingerprint density at radius 1 is 1.47 bits per heavy atom. The summed E-state index contributed by atoms with van der Waals surface area (Å²) in [7, 11) is 1.14. The van der Waals surface area contributed by atoms with Gasteiger partial charge in [-0.25, -0.2) is 9.78 Å². The van der Waals surface area contributed by atoms with Crippen molar-refractivity contribution in [3.05, 3.63) is 23.5 Å². The van der Waals surface area contributed by atoms with E-state index in [1.165, 1.54) is 0 Å². The minimum Gasteiger partial charge on any atom is -0.497 e. The van der Waals surface area contributed by atoms with Gasteiger partial charge in [-0.05, 0) is 0 Å². The second-order valence-corrected chi connectivity index (χ2v) is 2.58. The summed E-state index contributed by atoms with van der Waals surface area (Å²) in [6.07, 6.45) is -4.70. The molecular formula is C8H6F3NO3. The molecule has 0 saturated carbocycles. The summed E-state index contributed by atoms with van der Waals surface area (Å²) in [4.78, 5) is 13.4. The van der Waals surface area contributed by atoms with Gasteiger partial charge in [-0.15, -0.1) is 0 Å². The molecule has 0 aliphatic carbocycles. The number of aromatic nitrogens is 1. The van der Waals surface area contributed by atoms with E-state index in [0.717, 1.165) is 13.2 Å². The molecule has 4 nitrogen and oxygen atoms in total. The maximum atomic E-state index is 12.2. The second-order valence-electron chi connectivity index (χ2n) is 2.58. The van der Waals surface area contributed by atoms with Gasteiger partial charge in [0.05, 0.1) is 7.11 Å². The zero-order chi connectivity index (χ0) is 11.6. The SMILES string of the molecule is COc1cc(C(=O)O)nc(C(F)(F)F)c1. The first kappa shape index (κ1) is 11.3. The molecule has 15 heavy (non-hydrogen) atoms. The highest BCUT2D eigenvalue weighted by molar-refractivity contribution is 5.85. The summed E-state index contributed by atoms with van der Waals surface area (Å²) in [5.41, 5.74) is -2.00. The van der Waals surface area contributed by atoms with Crippen molar-refractivity contribution >= 4 is 5.97 Å². The third-order valence-electron chi connectivity index (χ3n) is 1.54. The molecule has 1 aromatic rings. The number of ether oxygens (including phenoxy) is 1. The quantitative estimate of drug-likeness (QED) is 0.827. The van der Waals surface area contributed by atoms with Crippen LogP contribution in [0.5, 0.6) is 5.75 Å². The first-order valence-electron chi connectivity index (χ1n) is 3.71. The molecule has 0 amide bonds. The Morgan fingerprint density at radius 3 is 2.47 bits per heavy atom. The molecule has 1 rings (SSSR count). The van der Waals surface area contributed by atoms with Gasteiger partial charge in [0.25, 0.3) is 0 Å². The van der Waals surface area contributed by atoms with Crippen LogP contribution < -0.4 is 4.74 Å². The highest BCUT2D eigenvalue weighted by Crippen LogP contribution is 2.30. The minimum atomic E-state index is -4.70. The van der Waals surface area contributed by atoms with Crippen LogP contribution in [0.4, 0.5) is 13.2 Å². The van der Waals surface area contributed by atoms with Gasteiger partial charge in [-0.3, -0.25) is 0 Å². The van der Waals surface area contributed by atoms with Gasteiger partial charge >= 0.3 is 12.1 Å². The molecule has 1 N–H and O–H groups in total. The minimum absolute atomic E-state index is 0.199. The lowest BCUT2D eigenvalue weighted by Crippen LogP contribution is -2.12. The Labute approximate surface area is 82.3 Å². The molecular weight excluding hydrogens is 215 g/mol. The lowest BCUT2D eigenvalue weighted by Gasteiger charge is -2.08. The number of aromatic carboxylic acids is 1. The van der Waals surface area contributed by atoms with E-state index in [1.54, 1.807) is 0 Å². The molecule has 82 valence electrons. The molecule has 0 aliphatic heterocycles. The maximum absolute atomic E-state index is 12.2. The molecule has 0 aromatic carbocycles. The third kappa shape index (κ3) is 2.58. The molecule has 0 spiro atoms. The van der Waals surface area contributed by atoms with Crippen LogP contribution >= 0.6 is 0 Å². The summed E-state index contributed by atoms with van der Waals surface area (Å²) < 4.78 is 41.2. The second kappa shape index (κ2) is 3.76. The van der Waals surface area contributed by atoms with Crippen LogP contribution in [-0.2, 0) is 6.18 Å². The summed E-state index contributed by atoms with van der Waals surface area (Å²) in [6.45, 7) is 0. The van der Waals surface area contributed by atoms with E-state index in [0.29, 0.717) is 6.07 Å². The average Bonchev–Trinajstić information content (AvgIpc) is 2.15. The van der Waals surface area contributed by atoms with Gasteiger partial charge in [0.2, 0.25) is 0 Å². The number of alkyl halides is 3. The predicted octanol–water partition coefficient (Wildman–Crippen LogP) is 1.81. The molecule has 0 atom stereocenters. The van der Waals surface area contributed by atoms with Crippen molar-refractivity contribution in [2.24, 2.45) is 0 Å². The van der Waals surface area contributed by atoms with Crippen LogP contribution in [-0.4, -0.2) is 23.2 Å². The van der Waals surface area contributed by atoms with Crippen LogP contribution in [0.2, 0.25) is 0 Å². The fraction of sp³-hybridized carbons (Fsp3) is 0.250. The van der Waals surface area contributed by atoms with E-state index in [2.05, 4.69) is 9.72 Å². The zero-order valence-corrected chi connectivity index (χ0v) is 7.50. The highest BCUT2D eigenvalue weighted by atomic mass is 19.4. The summed E-state index contributed by atoms with van der Waals surface area (Å²) in [6, 6.07) is 1.55. The number of carboxylic acids is 1. The van der Waals surface area contributed by atoms with E-state index >= 15 is 0 Å². The van der Waals surface area contributed by atoms with Crippen LogP contribution in [0.15, 0.2) is 12.1 Å². The van der Waals surface area contributed by atoms with Gasteiger partial charge in [0.1, 0.15) is 11.4 Å². The van der Waals surface area contributed by atoms with E-state index in [9.17, 15) is 18.0 Å². The molecule has 1 heterocycles. The Kier molecular flexibility index (Phi) is 2.83. The van der Waals surface area contributed by atoms with Crippen molar-refractivity contribution in [3.8, 4) is 5.75 Å². The van der Waals surface area contributed by atoms with E-state index in [1.807, 2.05) is 0 Å². The van der Waals surface area contributed by atoms with Crippen molar-refractivity contribution in [1.29, 1.82) is 0 Å². The monoisotopic (exact) mass is 221 g/mol. The average molecular weight is 221 g/mol. The summed E-state index contributed by atoms with van der Waals surface area (Å²) in [5, 5.41) is 8.51. The fourth-order valence-electron chi connectivity index (χ4n) is 0.878. The lowest BCUT2D eigenvalue weighted by atomic mass is 10.2. The Balaban J connectivity index is 3.30. The molecule has 0 saturated heterocycles. The molecule has 0 aliphatic rings. The third-order valence-corrected chi connectivity index (χ3v) is 1.54. The number of carbonyl (C=O) groups is 1. The number of hydrogen-bond acceptors (Lipinski definition) is 3. The van der Waals surface area contributed by atoms with Crippen molar-refractivity contribution in [2.75, 3.05) is 7.11 Å². The number of nitrogens with zero attached hydrogens (tertiary/aromatic N) is 1. The number of methoxy groups -OCH3 is 1. The van der Waals surface area contributed by atoms with Crippen LogP contribution in [0, 0.1) is 0 Å². The molecule has 0 fully saturated rings. The first-order valence-corrected chi connectivity index (χ1v) is 3.71. The van der Waals surface area contributed by atoms with Crippen molar-refractivity contribution in [1.82, 2.24) is 4.98 Å². The summed E-state index contributed by atoms with van der Waals surface area (Å²) >= 11 is 0. The summed E-state index contributed by atoms with van der Waals surface area (Å²) in [5.74, 6) is -1.74. The fourth-order valence-corrected chi connectivity index (χ4v) is 0.878. The number of carboxylic acid groups (broad SMARTS) is 1. The topological polar surface area (TPSA) is 59.4 Å². The van der Waals surface area contributed by atoms with Gasteiger partial charge in [0, 0.05) is 12.1 Å². The number of rotatable bonds is 2. The lowest BCUT2D eigenvalue weighted by molar-refractivity contribution is -0.141. The van der Waals surface area contributed by atoms with Crippen molar-refractivity contribution in [3.63, 3.8) is 0 Å². The Morgan fingerprint density at radius 2 is 2.07 bits per heavy atom. The van der Waals surface area contributed by atoms with Crippen molar-refractivity contribution < 1.29 is 27.8 Å². The van der Waals surface area contributed by atoms with E-state index < -0.39 is 23.5 Å². The van der Waals surface area contributed by atoms with Crippen LogP contribution in [0.1, 0.15) is 16.2 Å². The maximum Gasteiger partial charge on any atom is 0.433 e.